The molecule has 1 aliphatic carbocycles. The highest BCUT2D eigenvalue weighted by molar-refractivity contribution is 6.04. The maximum absolute atomic E-state index is 12.6. The second kappa shape index (κ2) is 4.61. The Morgan fingerprint density at radius 3 is 2.82 bits per heavy atom. The summed E-state index contributed by atoms with van der Waals surface area (Å²) in [4.78, 5) is 41.8. The number of nitrogens with two attached hydrogens (primary N) is 1. The molecule has 3 heterocycles. The van der Waals surface area contributed by atoms with Crippen LogP contribution in [0.4, 0.5) is 0 Å². The van der Waals surface area contributed by atoms with Gasteiger partial charge in [-0.3, -0.25) is 19.7 Å². The molecular weight excluding hydrogens is 284 g/mol. The third-order valence-electron chi connectivity index (χ3n) is 4.60. The molecule has 0 aromatic carbocycles. The molecule has 1 aromatic heterocycles. The number of piperidine rings is 1. The fourth-order valence-corrected chi connectivity index (χ4v) is 3.53. The van der Waals surface area contributed by atoms with E-state index < -0.39 is 11.9 Å². The Morgan fingerprint density at radius 1 is 1.23 bits per heavy atom. The maximum atomic E-state index is 12.6. The van der Waals surface area contributed by atoms with Crippen molar-refractivity contribution in [3.05, 3.63) is 28.6 Å². The van der Waals surface area contributed by atoms with Crippen molar-refractivity contribution in [2.45, 2.75) is 44.3 Å². The van der Waals surface area contributed by atoms with Gasteiger partial charge in [0.15, 0.2) is 0 Å². The molecule has 7 nitrogen and oxygen atoms in total. The number of carbonyl (C=O) groups excluding carboxylic acids is 3. The molecular formula is C15H16N4O3. The number of carbonyl (C=O) groups is 3. The van der Waals surface area contributed by atoms with Crippen molar-refractivity contribution in [1.82, 2.24) is 15.2 Å². The van der Waals surface area contributed by atoms with Crippen molar-refractivity contribution in [3.63, 3.8) is 0 Å². The van der Waals surface area contributed by atoms with Gasteiger partial charge < -0.3 is 10.6 Å². The molecule has 0 radical (unpaired) electrons. The summed E-state index contributed by atoms with van der Waals surface area (Å²) in [6.07, 6.45) is 2.10. The number of hydrogen-bond donors (Lipinski definition) is 2. The standard InChI is InChI=1S/C15H16N4O3/c16-9-4-7-3-8-6-19(11-1-2-12(20)18-14(11)21)15(22)13(8)17-10(7)5-9/h3,9,11H,1-2,4-6,16H2,(H,18,20,21). The smallest absolute Gasteiger partial charge is 0.273 e. The van der Waals surface area contributed by atoms with Gasteiger partial charge in [0.05, 0.1) is 0 Å². The molecule has 3 aliphatic rings. The average Bonchev–Trinajstić information content (AvgIpc) is 2.96. The fraction of sp³-hybridized carbons (Fsp3) is 0.467. The summed E-state index contributed by atoms with van der Waals surface area (Å²) in [5.41, 5.74) is 9.21. The lowest BCUT2D eigenvalue weighted by Crippen LogP contribution is -2.52. The first kappa shape index (κ1) is 13.4. The van der Waals surface area contributed by atoms with Crippen LogP contribution < -0.4 is 11.1 Å². The Bertz CT molecular complexity index is 715. The Morgan fingerprint density at radius 2 is 2.05 bits per heavy atom. The van der Waals surface area contributed by atoms with Gasteiger partial charge in [0.1, 0.15) is 11.7 Å². The Kier molecular flexibility index (Phi) is 2.80. The fourth-order valence-electron chi connectivity index (χ4n) is 3.53. The maximum Gasteiger partial charge on any atom is 0.273 e. The molecule has 1 aromatic rings. The zero-order valence-corrected chi connectivity index (χ0v) is 12.0. The molecule has 0 saturated carbocycles. The lowest BCUT2D eigenvalue weighted by atomic mass is 10.0. The van der Waals surface area contributed by atoms with Crippen molar-refractivity contribution in [1.29, 1.82) is 0 Å². The number of pyridine rings is 1. The second-order valence-corrected chi connectivity index (χ2v) is 6.17. The van der Waals surface area contributed by atoms with Crippen LogP contribution in [-0.4, -0.2) is 39.7 Å². The minimum Gasteiger partial charge on any atom is -0.327 e. The summed E-state index contributed by atoms with van der Waals surface area (Å²) in [6, 6.07) is 1.48. The van der Waals surface area contributed by atoms with E-state index in [1.165, 1.54) is 4.90 Å². The zero-order valence-electron chi connectivity index (χ0n) is 12.0. The first-order chi connectivity index (χ1) is 10.5. The van der Waals surface area contributed by atoms with Gasteiger partial charge in [-0.05, 0) is 24.5 Å². The van der Waals surface area contributed by atoms with Crippen LogP contribution in [0.5, 0.6) is 0 Å². The van der Waals surface area contributed by atoms with Gasteiger partial charge in [-0.2, -0.15) is 0 Å². The lowest BCUT2D eigenvalue weighted by molar-refractivity contribution is -0.136. The normalized spacial score (nSPS) is 27.0. The van der Waals surface area contributed by atoms with Crippen molar-refractivity contribution in [2.24, 2.45) is 5.73 Å². The van der Waals surface area contributed by atoms with E-state index in [1.54, 1.807) is 0 Å². The molecule has 0 spiro atoms. The third kappa shape index (κ3) is 1.93. The highest BCUT2D eigenvalue weighted by Gasteiger charge is 2.40. The molecule has 7 heteroatoms. The quantitative estimate of drug-likeness (QED) is 0.665. The molecule has 3 N–H and O–H groups in total. The predicted molar refractivity (Wildman–Crippen MR) is 75.7 cm³/mol. The Balaban J connectivity index is 1.63. The van der Waals surface area contributed by atoms with Gasteiger partial charge in [0.25, 0.3) is 5.91 Å². The molecule has 2 aliphatic heterocycles. The number of nitrogens with zero attached hydrogens (tertiary/aromatic N) is 2. The predicted octanol–water partition coefficient (Wildman–Crippen LogP) is -0.731. The van der Waals surface area contributed by atoms with Crippen LogP contribution in [0.2, 0.25) is 0 Å². The van der Waals surface area contributed by atoms with E-state index >= 15 is 0 Å². The van der Waals surface area contributed by atoms with E-state index in [0.29, 0.717) is 25.1 Å². The molecule has 1 saturated heterocycles. The van der Waals surface area contributed by atoms with E-state index in [4.69, 9.17) is 5.73 Å². The Labute approximate surface area is 126 Å². The number of nitrogens with one attached hydrogen (secondary N) is 1. The molecule has 114 valence electrons. The summed E-state index contributed by atoms with van der Waals surface area (Å²) >= 11 is 0. The van der Waals surface area contributed by atoms with Crippen LogP contribution in [0, 0.1) is 0 Å². The van der Waals surface area contributed by atoms with Crippen molar-refractivity contribution >= 4 is 17.7 Å². The van der Waals surface area contributed by atoms with Gasteiger partial charge in [0.2, 0.25) is 11.8 Å². The summed E-state index contributed by atoms with van der Waals surface area (Å²) in [5, 5.41) is 2.30. The summed E-state index contributed by atoms with van der Waals surface area (Å²) in [5.74, 6) is -0.906. The van der Waals surface area contributed by atoms with Gasteiger partial charge in [0, 0.05) is 36.7 Å². The summed E-state index contributed by atoms with van der Waals surface area (Å²) in [6.45, 7) is 0.371. The van der Waals surface area contributed by atoms with E-state index in [-0.39, 0.29) is 24.3 Å². The lowest BCUT2D eigenvalue weighted by Gasteiger charge is -2.29. The molecule has 2 atom stereocenters. The van der Waals surface area contributed by atoms with E-state index in [9.17, 15) is 14.4 Å². The van der Waals surface area contributed by atoms with Crippen molar-refractivity contribution in [2.75, 3.05) is 0 Å². The van der Waals surface area contributed by atoms with Crippen LogP contribution in [0.1, 0.15) is 40.2 Å². The number of fused-ring (bicyclic) bond motifs is 2. The molecule has 3 amide bonds. The topological polar surface area (TPSA) is 105 Å². The average molecular weight is 300 g/mol. The minimum atomic E-state index is -0.587. The van der Waals surface area contributed by atoms with Crippen molar-refractivity contribution < 1.29 is 14.4 Å². The first-order valence-electron chi connectivity index (χ1n) is 7.45. The molecule has 2 unspecified atom stereocenters. The highest BCUT2D eigenvalue weighted by atomic mass is 16.2. The van der Waals surface area contributed by atoms with Crippen LogP contribution in [0.25, 0.3) is 0 Å². The van der Waals surface area contributed by atoms with Gasteiger partial charge >= 0.3 is 0 Å². The largest absolute Gasteiger partial charge is 0.327 e. The monoisotopic (exact) mass is 300 g/mol. The number of hydrogen-bond acceptors (Lipinski definition) is 5. The number of aromatic nitrogens is 1. The first-order valence-corrected chi connectivity index (χ1v) is 7.45. The number of rotatable bonds is 1. The zero-order chi connectivity index (χ0) is 15.4. The molecule has 1 fully saturated rings. The number of amides is 3. The van der Waals surface area contributed by atoms with E-state index in [0.717, 1.165) is 23.2 Å². The second-order valence-electron chi connectivity index (χ2n) is 6.17. The SMILES string of the molecule is NC1Cc2cc3c(nc2C1)C(=O)N(C1CCC(=O)NC1=O)C3. The van der Waals surface area contributed by atoms with Crippen LogP contribution in [-0.2, 0) is 29.0 Å². The van der Waals surface area contributed by atoms with Crippen molar-refractivity contribution in [3.8, 4) is 0 Å². The van der Waals surface area contributed by atoms with Crippen LogP contribution in [0.3, 0.4) is 0 Å². The molecule has 4 rings (SSSR count). The van der Waals surface area contributed by atoms with Gasteiger partial charge in [-0.15, -0.1) is 0 Å². The van der Waals surface area contributed by atoms with Gasteiger partial charge in [-0.25, -0.2) is 4.98 Å². The number of imide groups is 1. The third-order valence-corrected chi connectivity index (χ3v) is 4.60. The van der Waals surface area contributed by atoms with Gasteiger partial charge in [-0.1, -0.05) is 0 Å². The van der Waals surface area contributed by atoms with Crippen LogP contribution >= 0.6 is 0 Å². The summed E-state index contributed by atoms with van der Waals surface area (Å²) < 4.78 is 0. The van der Waals surface area contributed by atoms with E-state index in [1.807, 2.05) is 6.07 Å². The minimum absolute atomic E-state index is 0.0753. The molecule has 22 heavy (non-hydrogen) atoms. The van der Waals surface area contributed by atoms with Crippen LogP contribution in [0.15, 0.2) is 6.07 Å². The molecule has 0 bridgehead atoms. The Hall–Kier alpha value is -2.28. The van der Waals surface area contributed by atoms with E-state index in [2.05, 4.69) is 10.3 Å². The highest BCUT2D eigenvalue weighted by Crippen LogP contribution is 2.30. The summed E-state index contributed by atoms with van der Waals surface area (Å²) in [7, 11) is 0.